The minimum Gasteiger partial charge on any atom is -0.463 e. The van der Waals surface area contributed by atoms with Gasteiger partial charge in [0.15, 0.2) is 0 Å². The molecule has 0 aromatic carbocycles. The molecule has 0 heterocycles. The van der Waals surface area contributed by atoms with Crippen molar-refractivity contribution in [2.24, 2.45) is 0 Å². The summed E-state index contributed by atoms with van der Waals surface area (Å²) in [5.41, 5.74) is -0.508. The standard InChI is InChI=1S/C29H57NO9/c1-5-6-7-8-9-10-11-12-13-14-27(31)38-26-25-37-24-23-36-22-21-35-20-19-34-18-17-33-16-15-30-28(32)39-29(2,3)4/h5-26H2,1-4H3,(H,30,32). The smallest absolute Gasteiger partial charge is 0.407 e. The van der Waals surface area contributed by atoms with Gasteiger partial charge in [-0.25, -0.2) is 4.79 Å². The molecule has 0 fully saturated rings. The molecule has 0 spiro atoms. The summed E-state index contributed by atoms with van der Waals surface area (Å²) in [5.74, 6) is -0.140. The maximum absolute atomic E-state index is 11.7. The van der Waals surface area contributed by atoms with Crippen LogP contribution in [0.1, 0.15) is 91.9 Å². The summed E-state index contributed by atoms with van der Waals surface area (Å²) >= 11 is 0. The van der Waals surface area contributed by atoms with Crippen LogP contribution in [0.15, 0.2) is 0 Å². The molecule has 0 aliphatic carbocycles. The van der Waals surface area contributed by atoms with Crippen LogP contribution in [-0.4, -0.2) is 96.9 Å². The molecule has 1 amide bonds. The van der Waals surface area contributed by atoms with Gasteiger partial charge in [-0.1, -0.05) is 58.3 Å². The zero-order valence-electron chi connectivity index (χ0n) is 25.2. The highest BCUT2D eigenvalue weighted by molar-refractivity contribution is 5.69. The lowest BCUT2D eigenvalue weighted by Gasteiger charge is -2.19. The van der Waals surface area contributed by atoms with Crippen LogP contribution in [0.5, 0.6) is 0 Å². The number of hydrogen-bond donors (Lipinski definition) is 1. The molecule has 0 unspecified atom stereocenters. The predicted molar refractivity (Wildman–Crippen MR) is 151 cm³/mol. The third-order valence-electron chi connectivity index (χ3n) is 5.38. The fourth-order valence-corrected chi connectivity index (χ4v) is 3.39. The molecule has 0 atom stereocenters. The van der Waals surface area contributed by atoms with E-state index in [4.69, 9.17) is 33.2 Å². The summed E-state index contributed by atoms with van der Waals surface area (Å²) in [4.78, 5) is 23.2. The number of carbonyl (C=O) groups is 2. The highest BCUT2D eigenvalue weighted by Crippen LogP contribution is 2.10. The van der Waals surface area contributed by atoms with Gasteiger partial charge in [-0.3, -0.25) is 4.79 Å². The van der Waals surface area contributed by atoms with Gasteiger partial charge in [0.25, 0.3) is 0 Å². The second-order valence-corrected chi connectivity index (χ2v) is 10.3. The molecule has 10 nitrogen and oxygen atoms in total. The normalized spacial score (nSPS) is 11.5. The Labute approximate surface area is 237 Å². The van der Waals surface area contributed by atoms with Gasteiger partial charge in [0.2, 0.25) is 0 Å². The van der Waals surface area contributed by atoms with Crippen molar-refractivity contribution in [3.63, 3.8) is 0 Å². The zero-order chi connectivity index (χ0) is 28.9. The van der Waals surface area contributed by atoms with Gasteiger partial charge in [-0.2, -0.15) is 0 Å². The van der Waals surface area contributed by atoms with Gasteiger partial charge in [-0.05, 0) is 27.2 Å². The third-order valence-corrected chi connectivity index (χ3v) is 5.38. The number of rotatable bonds is 28. The Kier molecular flexibility index (Phi) is 27.0. The SMILES string of the molecule is CCCCCCCCCCCC(=O)OCCOCCOCCOCCOCCOCCNC(=O)OC(C)(C)C. The van der Waals surface area contributed by atoms with Gasteiger partial charge in [-0.15, -0.1) is 0 Å². The summed E-state index contributed by atoms with van der Waals surface area (Å²) in [6.45, 7) is 12.8. The van der Waals surface area contributed by atoms with E-state index >= 15 is 0 Å². The molecule has 0 aliphatic rings. The average molecular weight is 564 g/mol. The van der Waals surface area contributed by atoms with Crippen LogP contribution in [0.4, 0.5) is 4.79 Å². The third kappa shape index (κ3) is 32.6. The van der Waals surface area contributed by atoms with Crippen molar-refractivity contribution >= 4 is 12.1 Å². The highest BCUT2D eigenvalue weighted by atomic mass is 16.6. The van der Waals surface area contributed by atoms with Crippen LogP contribution in [0.3, 0.4) is 0 Å². The Morgan fingerprint density at radius 2 is 0.974 bits per heavy atom. The van der Waals surface area contributed by atoms with Crippen molar-refractivity contribution < 1.29 is 42.7 Å². The van der Waals surface area contributed by atoms with Gasteiger partial charge in [0.05, 0.1) is 66.1 Å². The predicted octanol–water partition coefficient (Wildman–Crippen LogP) is 5.06. The molecule has 232 valence electrons. The average Bonchev–Trinajstić information content (AvgIpc) is 2.88. The molecular weight excluding hydrogens is 506 g/mol. The van der Waals surface area contributed by atoms with Crippen LogP contribution in [0, 0.1) is 0 Å². The second-order valence-electron chi connectivity index (χ2n) is 10.3. The van der Waals surface area contributed by atoms with Crippen molar-refractivity contribution in [3.05, 3.63) is 0 Å². The number of hydrogen-bond acceptors (Lipinski definition) is 9. The van der Waals surface area contributed by atoms with Gasteiger partial charge < -0.3 is 38.5 Å². The molecule has 0 rings (SSSR count). The molecule has 0 bridgehead atoms. The minimum atomic E-state index is -0.508. The molecule has 0 aromatic heterocycles. The Balaban J connectivity index is 3.19. The zero-order valence-corrected chi connectivity index (χ0v) is 25.2. The maximum Gasteiger partial charge on any atom is 0.407 e. The lowest BCUT2D eigenvalue weighted by atomic mass is 10.1. The molecule has 39 heavy (non-hydrogen) atoms. The van der Waals surface area contributed by atoms with E-state index < -0.39 is 11.7 Å². The van der Waals surface area contributed by atoms with E-state index in [2.05, 4.69) is 12.2 Å². The Bertz CT molecular complexity index is 555. The molecule has 1 N–H and O–H groups in total. The van der Waals surface area contributed by atoms with Crippen molar-refractivity contribution in [3.8, 4) is 0 Å². The topological polar surface area (TPSA) is 111 Å². The molecule has 0 aliphatic heterocycles. The van der Waals surface area contributed by atoms with Crippen molar-refractivity contribution in [1.29, 1.82) is 0 Å². The maximum atomic E-state index is 11.7. The molecule has 0 saturated carbocycles. The van der Waals surface area contributed by atoms with Crippen molar-refractivity contribution in [2.75, 3.05) is 79.2 Å². The fourth-order valence-electron chi connectivity index (χ4n) is 3.39. The van der Waals surface area contributed by atoms with Gasteiger partial charge >= 0.3 is 12.1 Å². The monoisotopic (exact) mass is 563 g/mol. The minimum absolute atomic E-state index is 0.140. The quantitative estimate of drug-likeness (QED) is 0.103. The van der Waals surface area contributed by atoms with Crippen molar-refractivity contribution in [1.82, 2.24) is 5.32 Å². The number of carbonyl (C=O) groups excluding carboxylic acids is 2. The number of amides is 1. The highest BCUT2D eigenvalue weighted by Gasteiger charge is 2.15. The lowest BCUT2D eigenvalue weighted by Crippen LogP contribution is -2.34. The van der Waals surface area contributed by atoms with Crippen LogP contribution in [0.2, 0.25) is 0 Å². The van der Waals surface area contributed by atoms with Crippen LogP contribution in [-0.2, 0) is 38.0 Å². The Morgan fingerprint density at radius 3 is 1.44 bits per heavy atom. The molecule has 0 aromatic rings. The second kappa shape index (κ2) is 28.1. The number of unbranched alkanes of at least 4 members (excludes halogenated alkanes) is 8. The summed E-state index contributed by atoms with van der Waals surface area (Å²) in [6.07, 6.45) is 11.1. The van der Waals surface area contributed by atoms with Crippen LogP contribution in [0.25, 0.3) is 0 Å². The van der Waals surface area contributed by atoms with Crippen LogP contribution >= 0.6 is 0 Å². The number of alkyl carbamates (subject to hydrolysis) is 1. The van der Waals surface area contributed by atoms with E-state index in [1.54, 1.807) is 0 Å². The van der Waals surface area contributed by atoms with Crippen LogP contribution < -0.4 is 5.32 Å². The first-order valence-electron chi connectivity index (χ1n) is 14.9. The van der Waals surface area contributed by atoms with E-state index in [1.807, 2.05) is 20.8 Å². The molecule has 10 heteroatoms. The molecule has 0 saturated heterocycles. The first kappa shape index (κ1) is 37.5. The Morgan fingerprint density at radius 1 is 0.564 bits per heavy atom. The first-order valence-corrected chi connectivity index (χ1v) is 14.9. The van der Waals surface area contributed by atoms with E-state index in [-0.39, 0.29) is 12.6 Å². The number of nitrogens with one attached hydrogen (secondary N) is 1. The lowest BCUT2D eigenvalue weighted by molar-refractivity contribution is -0.145. The Hall–Kier alpha value is -1.46. The van der Waals surface area contributed by atoms with E-state index in [0.29, 0.717) is 79.0 Å². The number of ether oxygens (including phenoxy) is 7. The van der Waals surface area contributed by atoms with E-state index in [0.717, 1.165) is 12.8 Å². The molecule has 0 radical (unpaired) electrons. The van der Waals surface area contributed by atoms with E-state index in [9.17, 15) is 9.59 Å². The fraction of sp³-hybridized carbons (Fsp3) is 0.931. The summed E-state index contributed by atoms with van der Waals surface area (Å²) in [6, 6.07) is 0. The molecular formula is C29H57NO9. The van der Waals surface area contributed by atoms with Crippen molar-refractivity contribution in [2.45, 2.75) is 97.5 Å². The summed E-state index contributed by atoms with van der Waals surface area (Å²) in [5, 5.41) is 2.63. The first-order chi connectivity index (χ1) is 18.8. The van der Waals surface area contributed by atoms with E-state index in [1.165, 1.54) is 44.9 Å². The number of esters is 1. The van der Waals surface area contributed by atoms with Gasteiger partial charge in [0, 0.05) is 13.0 Å². The van der Waals surface area contributed by atoms with Gasteiger partial charge in [0.1, 0.15) is 12.2 Å². The largest absolute Gasteiger partial charge is 0.463 e. The summed E-state index contributed by atoms with van der Waals surface area (Å²) in [7, 11) is 0. The summed E-state index contributed by atoms with van der Waals surface area (Å²) < 4.78 is 37.4.